The molecule has 0 bridgehead atoms. The van der Waals surface area contributed by atoms with Crippen LogP contribution in [0.3, 0.4) is 0 Å². The Morgan fingerprint density at radius 1 is 0.923 bits per heavy atom. The standard InChI is InChI=1S/C24H28N2O3.C4H6O6/c1-3-14-9-16-11-18(12-17(16)10-15(14)4-2)25-13-22(28)19-5-7-21(27)24-20(19)6-8-23(29)26-24;5-1(3(7)8)2(6)4(9)10/h5-10,18,22,25,27-28H,3-4,11-13H2,1-2H3,(H,26,29);1-2,5-6H,(H,7,8)(H,9,10)/t22-;1-,2-/m01/s1. The van der Waals surface area contributed by atoms with Crippen molar-refractivity contribution in [1.82, 2.24) is 10.3 Å². The number of H-pyrrole nitrogens is 1. The number of aryl methyl sites for hydroxylation is 2. The number of phenolic OH excluding ortho intramolecular Hbond substituents is 1. The number of aliphatic hydroxyl groups is 3. The van der Waals surface area contributed by atoms with Gasteiger partial charge in [-0.05, 0) is 65.6 Å². The molecule has 0 unspecified atom stereocenters. The van der Waals surface area contributed by atoms with Gasteiger partial charge in [0.1, 0.15) is 5.75 Å². The van der Waals surface area contributed by atoms with Crippen molar-refractivity contribution in [3.05, 3.63) is 74.6 Å². The molecule has 1 aromatic heterocycles. The highest BCUT2D eigenvalue weighted by molar-refractivity contribution is 5.87. The second-order valence-corrected chi connectivity index (χ2v) is 9.48. The number of hydrogen-bond acceptors (Lipinski definition) is 8. The fourth-order valence-electron chi connectivity index (χ4n) is 4.79. The van der Waals surface area contributed by atoms with Crippen LogP contribution in [-0.2, 0) is 35.3 Å². The highest BCUT2D eigenvalue weighted by Gasteiger charge is 2.29. The number of aliphatic hydroxyl groups excluding tert-OH is 3. The third kappa shape index (κ3) is 7.01. The monoisotopic (exact) mass is 542 g/mol. The summed E-state index contributed by atoms with van der Waals surface area (Å²) in [5, 5.41) is 57.5. The molecule has 1 aliphatic carbocycles. The maximum Gasteiger partial charge on any atom is 0.335 e. The molecule has 4 rings (SSSR count). The molecule has 11 nitrogen and oxygen atoms in total. The van der Waals surface area contributed by atoms with Crippen molar-refractivity contribution in [2.75, 3.05) is 6.54 Å². The largest absolute Gasteiger partial charge is 0.506 e. The Kier molecular flexibility index (Phi) is 9.81. The van der Waals surface area contributed by atoms with Crippen LogP contribution in [0.15, 0.2) is 41.2 Å². The van der Waals surface area contributed by atoms with Crippen LogP contribution >= 0.6 is 0 Å². The molecule has 39 heavy (non-hydrogen) atoms. The molecular weight excluding hydrogens is 508 g/mol. The lowest BCUT2D eigenvalue weighted by Gasteiger charge is -2.18. The van der Waals surface area contributed by atoms with Gasteiger partial charge in [-0.15, -0.1) is 0 Å². The molecule has 8 N–H and O–H groups in total. The molecule has 210 valence electrons. The molecule has 3 aromatic rings. The lowest BCUT2D eigenvalue weighted by Crippen LogP contribution is -2.39. The van der Waals surface area contributed by atoms with E-state index in [4.69, 9.17) is 20.4 Å². The molecule has 3 atom stereocenters. The number of aromatic amines is 1. The van der Waals surface area contributed by atoms with Gasteiger partial charge in [-0.2, -0.15) is 0 Å². The predicted molar refractivity (Wildman–Crippen MR) is 143 cm³/mol. The Hall–Kier alpha value is -3.77. The number of aromatic nitrogens is 1. The minimum atomic E-state index is -2.27. The van der Waals surface area contributed by atoms with Gasteiger partial charge in [0, 0.05) is 24.0 Å². The molecule has 0 saturated heterocycles. The predicted octanol–water partition coefficient (Wildman–Crippen LogP) is 1.03. The number of fused-ring (bicyclic) bond motifs is 2. The fraction of sp³-hybridized carbons (Fsp3) is 0.393. The first kappa shape index (κ1) is 29.8. The number of pyridine rings is 1. The highest BCUT2D eigenvalue weighted by atomic mass is 16.4. The van der Waals surface area contributed by atoms with Gasteiger partial charge in [-0.1, -0.05) is 32.0 Å². The van der Waals surface area contributed by atoms with Crippen molar-refractivity contribution in [2.24, 2.45) is 0 Å². The molecular formula is C28H34N2O9. The summed E-state index contributed by atoms with van der Waals surface area (Å²) in [6.45, 7) is 4.83. The first-order chi connectivity index (χ1) is 18.5. The van der Waals surface area contributed by atoms with Crippen molar-refractivity contribution < 1.29 is 40.2 Å². The quantitative estimate of drug-likeness (QED) is 0.193. The van der Waals surface area contributed by atoms with Crippen LogP contribution < -0.4 is 10.9 Å². The van der Waals surface area contributed by atoms with E-state index in [1.165, 1.54) is 34.4 Å². The number of carboxylic acids is 2. The molecule has 0 fully saturated rings. The van der Waals surface area contributed by atoms with Crippen LogP contribution in [0.2, 0.25) is 0 Å². The lowest BCUT2D eigenvalue weighted by molar-refractivity contribution is -0.165. The molecule has 0 radical (unpaired) electrons. The minimum absolute atomic E-state index is 0.00584. The van der Waals surface area contributed by atoms with Gasteiger partial charge in [0.05, 0.1) is 11.6 Å². The molecule has 2 aromatic carbocycles. The summed E-state index contributed by atoms with van der Waals surface area (Å²) >= 11 is 0. The zero-order valence-corrected chi connectivity index (χ0v) is 21.7. The van der Waals surface area contributed by atoms with E-state index in [0.717, 1.165) is 25.7 Å². The zero-order valence-electron chi connectivity index (χ0n) is 21.7. The third-order valence-electron chi connectivity index (χ3n) is 6.89. The van der Waals surface area contributed by atoms with Gasteiger partial charge in [-0.25, -0.2) is 9.59 Å². The average Bonchev–Trinajstić information content (AvgIpc) is 3.32. The van der Waals surface area contributed by atoms with Crippen LogP contribution in [0.25, 0.3) is 10.9 Å². The summed E-state index contributed by atoms with van der Waals surface area (Å²) in [4.78, 5) is 33.8. The van der Waals surface area contributed by atoms with E-state index in [9.17, 15) is 24.6 Å². The summed E-state index contributed by atoms with van der Waals surface area (Å²) in [5.41, 5.74) is 6.49. The minimum Gasteiger partial charge on any atom is -0.506 e. The fourth-order valence-corrected chi connectivity index (χ4v) is 4.79. The number of rotatable bonds is 9. The Morgan fingerprint density at radius 2 is 1.46 bits per heavy atom. The normalized spacial score (nSPS) is 15.2. The maximum absolute atomic E-state index is 11.6. The number of hydrogen-bond donors (Lipinski definition) is 8. The maximum atomic E-state index is 11.6. The molecule has 1 aliphatic rings. The number of nitrogens with one attached hydrogen (secondary N) is 2. The van der Waals surface area contributed by atoms with E-state index in [1.807, 2.05) is 0 Å². The van der Waals surface area contributed by atoms with Crippen LogP contribution in [0, 0.1) is 0 Å². The number of phenols is 1. The molecule has 0 amide bonds. The highest BCUT2D eigenvalue weighted by Crippen LogP contribution is 2.30. The van der Waals surface area contributed by atoms with E-state index in [0.29, 0.717) is 29.1 Å². The van der Waals surface area contributed by atoms with Gasteiger partial charge in [0.25, 0.3) is 0 Å². The van der Waals surface area contributed by atoms with Crippen LogP contribution in [-0.4, -0.2) is 72.4 Å². The Bertz CT molecular complexity index is 1350. The number of aliphatic carboxylic acids is 2. The van der Waals surface area contributed by atoms with Crippen molar-refractivity contribution in [1.29, 1.82) is 0 Å². The third-order valence-corrected chi connectivity index (χ3v) is 6.89. The van der Waals surface area contributed by atoms with E-state index < -0.39 is 30.3 Å². The second kappa shape index (κ2) is 12.9. The SMILES string of the molecule is CCc1cc2c(cc1CC)CC(NC[C@H](O)c1ccc(O)c3[nH]c(=O)ccc13)C2.O=C(O)[C@H](O)[C@@H](O)C(=O)O. The molecule has 0 spiro atoms. The summed E-state index contributed by atoms with van der Waals surface area (Å²) in [5.74, 6) is -3.53. The average molecular weight is 543 g/mol. The van der Waals surface area contributed by atoms with E-state index >= 15 is 0 Å². The van der Waals surface area contributed by atoms with Gasteiger partial charge < -0.3 is 40.9 Å². The Morgan fingerprint density at radius 3 is 1.95 bits per heavy atom. The van der Waals surface area contributed by atoms with Gasteiger partial charge >= 0.3 is 11.9 Å². The summed E-state index contributed by atoms with van der Waals surface area (Å²) in [6, 6.07) is 11.3. The zero-order chi connectivity index (χ0) is 28.9. The summed E-state index contributed by atoms with van der Waals surface area (Å²) < 4.78 is 0. The van der Waals surface area contributed by atoms with Gasteiger partial charge in [-0.3, -0.25) is 4.79 Å². The number of benzene rings is 2. The van der Waals surface area contributed by atoms with E-state index in [1.54, 1.807) is 12.1 Å². The van der Waals surface area contributed by atoms with E-state index in [-0.39, 0.29) is 11.3 Å². The van der Waals surface area contributed by atoms with Crippen molar-refractivity contribution in [2.45, 2.75) is 63.9 Å². The number of aromatic hydroxyl groups is 1. The molecule has 0 aliphatic heterocycles. The first-order valence-electron chi connectivity index (χ1n) is 12.7. The molecule has 0 saturated carbocycles. The van der Waals surface area contributed by atoms with Crippen LogP contribution in [0.5, 0.6) is 5.75 Å². The van der Waals surface area contributed by atoms with E-state index in [2.05, 4.69) is 36.3 Å². The smallest absolute Gasteiger partial charge is 0.335 e. The van der Waals surface area contributed by atoms with Crippen molar-refractivity contribution >= 4 is 22.8 Å². The van der Waals surface area contributed by atoms with Gasteiger partial charge in [0.15, 0.2) is 12.2 Å². The van der Waals surface area contributed by atoms with Crippen LogP contribution in [0.4, 0.5) is 0 Å². The van der Waals surface area contributed by atoms with Gasteiger partial charge in [0.2, 0.25) is 5.56 Å². The molecule has 1 heterocycles. The first-order valence-corrected chi connectivity index (χ1v) is 12.7. The van der Waals surface area contributed by atoms with Crippen LogP contribution in [0.1, 0.15) is 47.8 Å². The Labute approximate surface area is 224 Å². The Balaban J connectivity index is 0.000000360. The number of carboxylic acid groups (broad SMARTS) is 2. The lowest BCUT2D eigenvalue weighted by atomic mass is 9.97. The van der Waals surface area contributed by atoms with Crippen molar-refractivity contribution in [3.63, 3.8) is 0 Å². The second-order valence-electron chi connectivity index (χ2n) is 9.48. The molecule has 11 heteroatoms. The number of carbonyl (C=O) groups is 2. The topological polar surface area (TPSA) is 200 Å². The summed E-state index contributed by atoms with van der Waals surface area (Å²) in [7, 11) is 0. The summed E-state index contributed by atoms with van der Waals surface area (Å²) in [6.07, 6.45) is -1.20. The van der Waals surface area contributed by atoms with Crippen molar-refractivity contribution in [3.8, 4) is 5.75 Å².